The molecule has 2 atom stereocenters. The van der Waals surface area contributed by atoms with Crippen LogP contribution in [0, 0.1) is 36.0 Å². The molecule has 1 fully saturated rings. The molecule has 2 rings (SSSR count). The molecule has 0 radical (unpaired) electrons. The van der Waals surface area contributed by atoms with Gasteiger partial charge in [0.2, 0.25) is 0 Å². The number of ketones is 1. The predicted molar refractivity (Wildman–Crippen MR) is 139 cm³/mol. The number of halogens is 1. The van der Waals surface area contributed by atoms with Gasteiger partial charge in [-0.1, -0.05) is 62.9 Å². The molecule has 1 unspecified atom stereocenters. The van der Waals surface area contributed by atoms with Crippen LogP contribution in [0.25, 0.3) is 0 Å². The van der Waals surface area contributed by atoms with E-state index in [4.69, 9.17) is 23.8 Å². The van der Waals surface area contributed by atoms with Gasteiger partial charge in [0.15, 0.2) is 5.78 Å². The fourth-order valence-corrected chi connectivity index (χ4v) is 5.50. The first kappa shape index (κ1) is 26.3. The largest absolute Gasteiger partial charge is 0.397 e. The van der Waals surface area contributed by atoms with Crippen LogP contribution in [0.4, 0.5) is 5.69 Å². The molecule has 1 aliphatic carbocycles. The summed E-state index contributed by atoms with van der Waals surface area (Å²) in [5.74, 6) is 4.80. The number of anilines is 1. The maximum atomic E-state index is 13.0. The van der Waals surface area contributed by atoms with Gasteiger partial charge in [-0.05, 0) is 92.9 Å². The van der Waals surface area contributed by atoms with E-state index in [0.29, 0.717) is 28.6 Å². The van der Waals surface area contributed by atoms with Crippen molar-refractivity contribution in [3.63, 3.8) is 0 Å². The highest BCUT2D eigenvalue weighted by Gasteiger charge is 2.27. The van der Waals surface area contributed by atoms with Gasteiger partial charge >= 0.3 is 0 Å². The molecule has 0 spiro atoms. The van der Waals surface area contributed by atoms with Gasteiger partial charge in [-0.25, -0.2) is 0 Å². The van der Waals surface area contributed by atoms with Crippen molar-refractivity contribution in [1.82, 2.24) is 0 Å². The SMILES string of the molecule is C#Cc1cc(C[C@@H](C)C(=O)C(=C)CCC(CCC)C2CCC(/C=C/C)CC2)cc(Cl)c1N. The lowest BCUT2D eigenvalue weighted by atomic mass is 9.72. The predicted octanol–water partition coefficient (Wildman–Crippen LogP) is 7.79. The summed E-state index contributed by atoms with van der Waals surface area (Å²) < 4.78 is 0. The average Bonchev–Trinajstić information content (AvgIpc) is 2.78. The van der Waals surface area contributed by atoms with Crippen LogP contribution in [0.2, 0.25) is 5.02 Å². The molecule has 0 aromatic heterocycles. The Labute approximate surface area is 200 Å². The van der Waals surface area contributed by atoms with Crippen molar-refractivity contribution in [1.29, 1.82) is 0 Å². The van der Waals surface area contributed by atoms with Gasteiger partial charge in [-0.2, -0.15) is 0 Å². The second kappa shape index (κ2) is 12.9. The summed E-state index contributed by atoms with van der Waals surface area (Å²) in [5.41, 5.74) is 8.61. The molecule has 0 aliphatic heterocycles. The number of benzene rings is 1. The van der Waals surface area contributed by atoms with Crippen LogP contribution in [0.15, 0.2) is 36.4 Å². The maximum absolute atomic E-state index is 13.0. The highest BCUT2D eigenvalue weighted by molar-refractivity contribution is 6.33. The first-order chi connectivity index (χ1) is 15.3. The molecular formula is C29H40ClNO. The van der Waals surface area contributed by atoms with Gasteiger partial charge in [0.05, 0.1) is 10.7 Å². The topological polar surface area (TPSA) is 43.1 Å². The first-order valence-corrected chi connectivity index (χ1v) is 12.6. The lowest BCUT2D eigenvalue weighted by molar-refractivity contribution is -0.118. The monoisotopic (exact) mass is 453 g/mol. The van der Waals surface area contributed by atoms with Gasteiger partial charge in [-0.15, -0.1) is 6.42 Å². The Morgan fingerprint density at radius 1 is 1.31 bits per heavy atom. The molecule has 174 valence electrons. The molecule has 1 aliphatic rings. The highest BCUT2D eigenvalue weighted by atomic mass is 35.5. The average molecular weight is 454 g/mol. The smallest absolute Gasteiger partial charge is 0.161 e. The number of terminal acetylenes is 1. The summed E-state index contributed by atoms with van der Waals surface area (Å²) in [6.45, 7) is 10.5. The molecule has 1 aromatic rings. The Bertz CT molecular complexity index is 855. The van der Waals surface area contributed by atoms with Crippen LogP contribution in [0.5, 0.6) is 0 Å². The zero-order valence-corrected chi connectivity index (χ0v) is 20.9. The molecule has 2 N–H and O–H groups in total. The fraction of sp³-hybridized carbons (Fsp3) is 0.552. The Balaban J connectivity index is 1.92. The minimum absolute atomic E-state index is 0.146. The minimum atomic E-state index is -0.159. The highest BCUT2D eigenvalue weighted by Crippen LogP contribution is 2.38. The summed E-state index contributed by atoms with van der Waals surface area (Å²) in [7, 11) is 0. The normalized spacial score (nSPS) is 20.6. The van der Waals surface area contributed by atoms with E-state index in [2.05, 4.69) is 38.5 Å². The summed E-state index contributed by atoms with van der Waals surface area (Å²) >= 11 is 6.21. The van der Waals surface area contributed by atoms with Crippen molar-refractivity contribution >= 4 is 23.1 Å². The molecule has 1 aromatic carbocycles. The van der Waals surface area contributed by atoms with E-state index in [1.165, 1.54) is 38.5 Å². The molecule has 3 heteroatoms. The van der Waals surface area contributed by atoms with E-state index >= 15 is 0 Å². The fourth-order valence-electron chi connectivity index (χ4n) is 5.26. The number of rotatable bonds is 11. The van der Waals surface area contributed by atoms with Crippen molar-refractivity contribution in [3.05, 3.63) is 52.6 Å². The summed E-state index contributed by atoms with van der Waals surface area (Å²) in [6, 6.07) is 3.67. The summed E-state index contributed by atoms with van der Waals surface area (Å²) in [6.07, 6.45) is 20.2. The van der Waals surface area contributed by atoms with Crippen LogP contribution >= 0.6 is 11.6 Å². The zero-order chi connectivity index (χ0) is 23.7. The van der Waals surface area contributed by atoms with E-state index in [-0.39, 0.29) is 11.7 Å². The van der Waals surface area contributed by atoms with Gasteiger partial charge in [0.1, 0.15) is 0 Å². The Kier molecular flexibility index (Phi) is 10.6. The first-order valence-electron chi connectivity index (χ1n) is 12.2. The molecule has 0 bridgehead atoms. The van der Waals surface area contributed by atoms with Gasteiger partial charge < -0.3 is 5.73 Å². The number of carbonyl (C=O) groups excluding carboxylic acids is 1. The molecule has 0 saturated heterocycles. The minimum Gasteiger partial charge on any atom is -0.397 e. The third-order valence-corrected chi connectivity index (χ3v) is 7.42. The Hall–Kier alpha value is -1.98. The number of nitrogen functional groups attached to an aromatic ring is 1. The Morgan fingerprint density at radius 2 is 2.00 bits per heavy atom. The van der Waals surface area contributed by atoms with E-state index in [9.17, 15) is 4.79 Å². The van der Waals surface area contributed by atoms with Crippen LogP contribution in [0.3, 0.4) is 0 Å². The van der Waals surface area contributed by atoms with Crippen LogP contribution in [0.1, 0.15) is 83.3 Å². The summed E-state index contributed by atoms with van der Waals surface area (Å²) in [5, 5.41) is 0.445. The van der Waals surface area contributed by atoms with Gasteiger partial charge in [0.25, 0.3) is 0 Å². The quantitative estimate of drug-likeness (QED) is 0.161. The molecule has 32 heavy (non-hydrogen) atoms. The molecule has 0 heterocycles. The number of allylic oxidation sites excluding steroid dienone is 3. The Morgan fingerprint density at radius 3 is 2.59 bits per heavy atom. The molecule has 0 amide bonds. The van der Waals surface area contributed by atoms with E-state index < -0.39 is 0 Å². The van der Waals surface area contributed by atoms with E-state index in [1.54, 1.807) is 0 Å². The number of hydrogen-bond acceptors (Lipinski definition) is 2. The zero-order valence-electron chi connectivity index (χ0n) is 20.1. The standard InChI is InChI=1S/C29H40ClNO/c1-6-9-22-12-15-26(16-13-22)25(10-7-2)14-11-20(4)29(32)21(5)17-23-18-24(8-3)28(31)27(30)19-23/h3,6,9,18-19,21-22,25-26H,4,7,10-17,31H2,1-2,5H3/b9-6+/t21-,22?,25?,26?/m1/s1. The van der Waals surface area contributed by atoms with Gasteiger partial charge in [0, 0.05) is 11.5 Å². The van der Waals surface area contributed by atoms with Crippen LogP contribution in [-0.4, -0.2) is 5.78 Å². The molecular weight excluding hydrogens is 414 g/mol. The van der Waals surface area contributed by atoms with E-state index in [0.717, 1.165) is 35.8 Å². The van der Waals surface area contributed by atoms with Crippen molar-refractivity contribution in [2.24, 2.45) is 23.7 Å². The lowest BCUT2D eigenvalue weighted by Gasteiger charge is -2.33. The van der Waals surface area contributed by atoms with Crippen molar-refractivity contribution in [3.8, 4) is 12.3 Å². The van der Waals surface area contributed by atoms with Crippen molar-refractivity contribution < 1.29 is 4.79 Å². The second-order valence-corrected chi connectivity index (χ2v) is 9.95. The lowest BCUT2D eigenvalue weighted by Crippen LogP contribution is -2.22. The van der Waals surface area contributed by atoms with Crippen molar-refractivity contribution in [2.45, 2.75) is 78.6 Å². The maximum Gasteiger partial charge on any atom is 0.161 e. The molecule has 1 saturated carbocycles. The van der Waals surface area contributed by atoms with Gasteiger partial charge in [-0.3, -0.25) is 4.79 Å². The second-order valence-electron chi connectivity index (χ2n) is 9.54. The van der Waals surface area contributed by atoms with E-state index in [1.807, 2.05) is 19.1 Å². The van der Waals surface area contributed by atoms with Crippen molar-refractivity contribution in [2.75, 3.05) is 5.73 Å². The molecule has 2 nitrogen and oxygen atoms in total. The number of carbonyl (C=O) groups is 1. The third-order valence-electron chi connectivity index (χ3n) is 7.11. The van der Waals surface area contributed by atoms with Crippen LogP contribution < -0.4 is 5.73 Å². The number of nitrogens with two attached hydrogens (primary N) is 1. The number of hydrogen-bond donors (Lipinski definition) is 1. The number of Topliss-reactive ketones (excluding diaryl/α,β-unsaturated/α-hetero) is 1. The third kappa shape index (κ3) is 7.28. The summed E-state index contributed by atoms with van der Waals surface area (Å²) in [4.78, 5) is 13.0. The van der Waals surface area contributed by atoms with Crippen LogP contribution in [-0.2, 0) is 11.2 Å².